The molecule has 90 valence electrons. The molecule has 0 aliphatic carbocycles. The van der Waals surface area contributed by atoms with Gasteiger partial charge in [-0.05, 0) is 30.0 Å². The molecule has 1 aromatic carbocycles. The summed E-state index contributed by atoms with van der Waals surface area (Å²) < 4.78 is 1.80. The normalized spacial score (nSPS) is 12.6. The second-order valence-electron chi connectivity index (χ2n) is 4.06. The smallest absolute Gasteiger partial charge is 0.0643 e. The largest absolute Gasteiger partial charge is 0.324 e. The minimum atomic E-state index is 0.0146. The van der Waals surface area contributed by atoms with E-state index in [2.05, 4.69) is 35.6 Å². The molecule has 0 saturated heterocycles. The molecule has 17 heavy (non-hydrogen) atoms. The summed E-state index contributed by atoms with van der Waals surface area (Å²) in [6.07, 6.45) is 4.79. The number of aromatic nitrogens is 2. The molecule has 2 aromatic rings. The summed E-state index contributed by atoms with van der Waals surface area (Å²) in [4.78, 5) is 1.26. The average molecular weight is 247 g/mol. The standard InChI is InChI=1S/C13H17N3S/c1-16-8-7-11(15-16)9-13(14)10-3-5-12(17-2)6-4-10/h3-8,13H,9,14H2,1-2H3. The minimum absolute atomic E-state index is 0.0146. The van der Waals surface area contributed by atoms with Crippen LogP contribution in [0.2, 0.25) is 0 Å². The van der Waals surface area contributed by atoms with Gasteiger partial charge in [0.15, 0.2) is 0 Å². The molecule has 0 saturated carbocycles. The maximum absolute atomic E-state index is 6.17. The molecule has 1 heterocycles. The first kappa shape index (κ1) is 12.2. The SMILES string of the molecule is CSc1ccc(C(N)Cc2ccn(C)n2)cc1. The summed E-state index contributed by atoms with van der Waals surface area (Å²) in [5, 5.41) is 4.34. The first-order valence-corrected chi connectivity index (χ1v) is 6.79. The van der Waals surface area contributed by atoms with Gasteiger partial charge in [0.1, 0.15) is 0 Å². The molecule has 4 heteroatoms. The Morgan fingerprint density at radius 3 is 2.53 bits per heavy atom. The van der Waals surface area contributed by atoms with Crippen LogP contribution in [0.25, 0.3) is 0 Å². The third kappa shape index (κ3) is 3.11. The van der Waals surface area contributed by atoms with Gasteiger partial charge in [0.25, 0.3) is 0 Å². The van der Waals surface area contributed by atoms with Crippen molar-refractivity contribution in [2.75, 3.05) is 6.26 Å². The third-order valence-electron chi connectivity index (χ3n) is 2.74. The maximum Gasteiger partial charge on any atom is 0.0643 e. The fourth-order valence-corrected chi connectivity index (χ4v) is 2.17. The highest BCUT2D eigenvalue weighted by molar-refractivity contribution is 7.98. The van der Waals surface area contributed by atoms with Crippen molar-refractivity contribution in [3.63, 3.8) is 0 Å². The van der Waals surface area contributed by atoms with Gasteiger partial charge in [0.2, 0.25) is 0 Å². The second-order valence-corrected chi connectivity index (χ2v) is 4.94. The predicted octanol–water partition coefficient (Wildman–Crippen LogP) is 2.38. The molecular formula is C13H17N3S. The number of benzene rings is 1. The Morgan fingerprint density at radius 1 is 1.29 bits per heavy atom. The van der Waals surface area contributed by atoms with E-state index < -0.39 is 0 Å². The van der Waals surface area contributed by atoms with Crippen molar-refractivity contribution in [3.05, 3.63) is 47.8 Å². The zero-order chi connectivity index (χ0) is 12.3. The van der Waals surface area contributed by atoms with Crippen LogP contribution in [0.15, 0.2) is 41.4 Å². The Kier molecular flexibility index (Phi) is 3.86. The van der Waals surface area contributed by atoms with Crippen LogP contribution in [0.3, 0.4) is 0 Å². The lowest BCUT2D eigenvalue weighted by Gasteiger charge is -2.10. The van der Waals surface area contributed by atoms with Crippen molar-refractivity contribution in [2.45, 2.75) is 17.4 Å². The van der Waals surface area contributed by atoms with Crippen LogP contribution in [0.1, 0.15) is 17.3 Å². The lowest BCUT2D eigenvalue weighted by molar-refractivity contribution is 0.675. The Hall–Kier alpha value is -1.26. The van der Waals surface area contributed by atoms with Crippen molar-refractivity contribution >= 4 is 11.8 Å². The number of hydrogen-bond acceptors (Lipinski definition) is 3. The molecule has 0 radical (unpaired) electrons. The van der Waals surface area contributed by atoms with Crippen molar-refractivity contribution in [1.29, 1.82) is 0 Å². The maximum atomic E-state index is 6.17. The number of hydrogen-bond donors (Lipinski definition) is 1. The zero-order valence-electron chi connectivity index (χ0n) is 10.1. The van der Waals surface area contributed by atoms with E-state index in [1.54, 1.807) is 16.4 Å². The Labute approximate surface area is 106 Å². The molecule has 2 N–H and O–H groups in total. The molecule has 2 rings (SSSR count). The third-order valence-corrected chi connectivity index (χ3v) is 3.49. The van der Waals surface area contributed by atoms with E-state index in [0.717, 1.165) is 17.7 Å². The highest BCUT2D eigenvalue weighted by atomic mass is 32.2. The van der Waals surface area contributed by atoms with Crippen LogP contribution in [0.4, 0.5) is 0 Å². The van der Waals surface area contributed by atoms with Crippen LogP contribution >= 0.6 is 11.8 Å². The Bertz CT molecular complexity index is 476. The zero-order valence-corrected chi connectivity index (χ0v) is 10.9. The van der Waals surface area contributed by atoms with Crippen LogP contribution in [0, 0.1) is 0 Å². The van der Waals surface area contributed by atoms with Crippen LogP contribution in [-0.4, -0.2) is 16.0 Å². The van der Waals surface area contributed by atoms with Crippen molar-refractivity contribution < 1.29 is 0 Å². The molecule has 0 spiro atoms. The number of nitrogens with zero attached hydrogens (tertiary/aromatic N) is 2. The summed E-state index contributed by atoms with van der Waals surface area (Å²) in [6.45, 7) is 0. The first-order valence-electron chi connectivity index (χ1n) is 5.57. The van der Waals surface area contributed by atoms with Crippen molar-refractivity contribution in [1.82, 2.24) is 9.78 Å². The molecule has 1 aromatic heterocycles. The van der Waals surface area contributed by atoms with E-state index in [4.69, 9.17) is 5.73 Å². The molecule has 0 bridgehead atoms. The monoisotopic (exact) mass is 247 g/mol. The van der Waals surface area contributed by atoms with E-state index in [-0.39, 0.29) is 6.04 Å². The lowest BCUT2D eigenvalue weighted by atomic mass is 10.0. The van der Waals surface area contributed by atoms with Gasteiger partial charge in [-0.1, -0.05) is 12.1 Å². The van der Waals surface area contributed by atoms with Gasteiger partial charge in [-0.15, -0.1) is 11.8 Å². The van der Waals surface area contributed by atoms with Gasteiger partial charge < -0.3 is 5.73 Å². The molecule has 1 atom stereocenters. The topological polar surface area (TPSA) is 43.8 Å². The lowest BCUT2D eigenvalue weighted by Crippen LogP contribution is -2.13. The number of aryl methyl sites for hydroxylation is 1. The fourth-order valence-electron chi connectivity index (χ4n) is 1.77. The second kappa shape index (κ2) is 5.38. The highest BCUT2D eigenvalue weighted by Crippen LogP contribution is 2.19. The highest BCUT2D eigenvalue weighted by Gasteiger charge is 2.08. The molecule has 0 aliphatic heterocycles. The molecule has 3 nitrogen and oxygen atoms in total. The van der Waals surface area contributed by atoms with E-state index >= 15 is 0 Å². The van der Waals surface area contributed by atoms with Crippen molar-refractivity contribution in [2.24, 2.45) is 12.8 Å². The van der Waals surface area contributed by atoms with Gasteiger partial charge in [-0.25, -0.2) is 0 Å². The Balaban J connectivity index is 2.06. The fraction of sp³-hybridized carbons (Fsp3) is 0.308. The summed E-state index contributed by atoms with van der Waals surface area (Å²) in [5.74, 6) is 0. The summed E-state index contributed by atoms with van der Waals surface area (Å²) in [7, 11) is 1.92. The van der Waals surface area contributed by atoms with Gasteiger partial charge in [-0.3, -0.25) is 4.68 Å². The molecule has 0 fully saturated rings. The van der Waals surface area contributed by atoms with Gasteiger partial charge in [-0.2, -0.15) is 5.10 Å². The van der Waals surface area contributed by atoms with Crippen molar-refractivity contribution in [3.8, 4) is 0 Å². The molecular weight excluding hydrogens is 230 g/mol. The van der Waals surface area contributed by atoms with Crippen LogP contribution in [-0.2, 0) is 13.5 Å². The first-order chi connectivity index (χ1) is 8.19. The average Bonchev–Trinajstić information content (AvgIpc) is 2.75. The van der Waals surface area contributed by atoms with Crippen LogP contribution in [0.5, 0.6) is 0 Å². The quantitative estimate of drug-likeness (QED) is 0.844. The molecule has 0 aliphatic rings. The van der Waals surface area contributed by atoms with E-state index in [1.165, 1.54) is 4.90 Å². The van der Waals surface area contributed by atoms with E-state index in [0.29, 0.717) is 0 Å². The van der Waals surface area contributed by atoms with E-state index in [9.17, 15) is 0 Å². The predicted molar refractivity (Wildman–Crippen MR) is 72.1 cm³/mol. The minimum Gasteiger partial charge on any atom is -0.324 e. The Morgan fingerprint density at radius 2 is 2.00 bits per heavy atom. The number of rotatable bonds is 4. The molecule has 1 unspecified atom stereocenters. The summed E-state index contributed by atoms with van der Waals surface area (Å²) >= 11 is 1.74. The van der Waals surface area contributed by atoms with E-state index in [1.807, 2.05) is 19.3 Å². The van der Waals surface area contributed by atoms with Crippen LogP contribution < -0.4 is 5.73 Å². The summed E-state index contributed by atoms with van der Waals surface area (Å²) in [5.41, 5.74) is 8.37. The molecule has 0 amide bonds. The number of nitrogens with two attached hydrogens (primary N) is 1. The van der Waals surface area contributed by atoms with Gasteiger partial charge in [0, 0.05) is 30.6 Å². The van der Waals surface area contributed by atoms with Gasteiger partial charge in [0.05, 0.1) is 5.69 Å². The van der Waals surface area contributed by atoms with Gasteiger partial charge >= 0.3 is 0 Å². The summed E-state index contributed by atoms with van der Waals surface area (Å²) in [6, 6.07) is 10.4. The number of thioether (sulfide) groups is 1.